The van der Waals surface area contributed by atoms with E-state index in [4.69, 9.17) is 13.9 Å². The lowest BCUT2D eigenvalue weighted by Gasteiger charge is -2.33. The maximum atomic E-state index is 12.6. The molecule has 1 fully saturated rings. The fraction of sp³-hybridized carbons (Fsp3) is 0.350. The van der Waals surface area contributed by atoms with Gasteiger partial charge < -0.3 is 29.0 Å². The zero-order valence-electron chi connectivity index (χ0n) is 16.1. The molecule has 150 valence electrons. The third-order valence-electron chi connectivity index (χ3n) is 5.01. The molecule has 0 radical (unpaired) electrons. The Hall–Kier alpha value is -3.49. The van der Waals surface area contributed by atoms with Crippen LogP contribution in [0.4, 0.5) is 16.5 Å². The van der Waals surface area contributed by atoms with Crippen LogP contribution >= 0.6 is 0 Å². The number of carbonyl (C=O) groups is 1. The van der Waals surface area contributed by atoms with E-state index < -0.39 is 0 Å². The van der Waals surface area contributed by atoms with E-state index in [2.05, 4.69) is 15.3 Å². The van der Waals surface area contributed by atoms with Crippen molar-refractivity contribution in [2.75, 3.05) is 49.6 Å². The number of pyridine rings is 1. The summed E-state index contributed by atoms with van der Waals surface area (Å²) in [5, 5.41) is 2.93. The summed E-state index contributed by atoms with van der Waals surface area (Å²) >= 11 is 0. The van der Waals surface area contributed by atoms with Gasteiger partial charge in [0.25, 0.3) is 6.01 Å². The summed E-state index contributed by atoms with van der Waals surface area (Å²) in [5.74, 6) is 1.35. The van der Waals surface area contributed by atoms with Crippen molar-refractivity contribution in [2.45, 2.75) is 6.92 Å². The molecule has 9 heteroatoms. The molecule has 3 aromatic rings. The molecule has 2 amide bonds. The highest BCUT2D eigenvalue weighted by atomic mass is 16.6. The quantitative estimate of drug-likeness (QED) is 0.713. The molecule has 2 aliphatic rings. The summed E-state index contributed by atoms with van der Waals surface area (Å²) in [5.41, 5.74) is 2.86. The number of aryl methyl sites for hydroxylation is 1. The van der Waals surface area contributed by atoms with Crippen LogP contribution < -0.4 is 19.7 Å². The number of amides is 2. The van der Waals surface area contributed by atoms with E-state index in [1.54, 1.807) is 11.0 Å². The molecular formula is C20H21N5O4. The molecule has 0 unspecified atom stereocenters. The molecule has 0 atom stereocenters. The van der Waals surface area contributed by atoms with Crippen molar-refractivity contribution >= 4 is 29.0 Å². The lowest BCUT2D eigenvalue weighted by atomic mass is 10.2. The average molecular weight is 395 g/mol. The minimum absolute atomic E-state index is 0.142. The first-order valence-corrected chi connectivity index (χ1v) is 9.60. The third-order valence-corrected chi connectivity index (χ3v) is 5.01. The largest absolute Gasteiger partial charge is 0.486 e. The van der Waals surface area contributed by atoms with Crippen molar-refractivity contribution in [1.29, 1.82) is 0 Å². The Bertz CT molecular complexity index is 1060. The standard InChI is InChI=1S/C20H21N5O4/c1-13-2-4-16-18(21-13)23-20(29-16)25-8-6-24(7-9-25)19(26)22-14-3-5-15-17(12-14)28-11-10-27-15/h2-5,12H,6-11H2,1H3,(H,22,26). The van der Waals surface area contributed by atoms with Gasteiger partial charge in [-0.1, -0.05) is 0 Å². The Balaban J connectivity index is 1.21. The highest BCUT2D eigenvalue weighted by molar-refractivity contribution is 5.90. The van der Waals surface area contributed by atoms with Crippen LogP contribution in [0.1, 0.15) is 5.69 Å². The fourth-order valence-electron chi connectivity index (χ4n) is 3.46. The predicted octanol–water partition coefficient (Wildman–Crippen LogP) is 2.66. The number of urea groups is 1. The van der Waals surface area contributed by atoms with Crippen molar-refractivity contribution < 1.29 is 18.7 Å². The average Bonchev–Trinajstić information content (AvgIpc) is 3.17. The van der Waals surface area contributed by atoms with Crippen LogP contribution in [0.3, 0.4) is 0 Å². The Labute approximate surface area is 167 Å². The van der Waals surface area contributed by atoms with Gasteiger partial charge in [-0.2, -0.15) is 4.98 Å². The van der Waals surface area contributed by atoms with Gasteiger partial charge in [-0.15, -0.1) is 0 Å². The van der Waals surface area contributed by atoms with Crippen LogP contribution in [0.2, 0.25) is 0 Å². The van der Waals surface area contributed by atoms with E-state index in [9.17, 15) is 4.79 Å². The number of benzene rings is 1. The fourth-order valence-corrected chi connectivity index (χ4v) is 3.46. The second kappa shape index (κ2) is 7.16. The van der Waals surface area contributed by atoms with Gasteiger partial charge >= 0.3 is 6.03 Å². The zero-order chi connectivity index (χ0) is 19.8. The summed E-state index contributed by atoms with van der Waals surface area (Å²) in [6.45, 7) is 5.40. The molecule has 0 spiro atoms. The monoisotopic (exact) mass is 395 g/mol. The molecule has 0 saturated carbocycles. The van der Waals surface area contributed by atoms with Crippen LogP contribution in [-0.2, 0) is 0 Å². The molecule has 29 heavy (non-hydrogen) atoms. The molecule has 1 saturated heterocycles. The van der Waals surface area contributed by atoms with Gasteiger partial charge in [0.15, 0.2) is 17.1 Å². The highest BCUT2D eigenvalue weighted by Gasteiger charge is 2.24. The number of fused-ring (bicyclic) bond motifs is 2. The van der Waals surface area contributed by atoms with Gasteiger partial charge in [-0.25, -0.2) is 9.78 Å². The van der Waals surface area contributed by atoms with Crippen molar-refractivity contribution in [3.05, 3.63) is 36.0 Å². The highest BCUT2D eigenvalue weighted by Crippen LogP contribution is 2.32. The number of nitrogens with zero attached hydrogens (tertiary/aromatic N) is 4. The number of carbonyl (C=O) groups excluding carboxylic acids is 1. The SMILES string of the molecule is Cc1ccc2oc(N3CCN(C(=O)Nc4ccc5c(c4)OCCO5)CC3)nc2n1. The number of aromatic nitrogens is 2. The molecule has 9 nitrogen and oxygen atoms in total. The number of hydrogen-bond donors (Lipinski definition) is 1. The Kier molecular flexibility index (Phi) is 4.34. The minimum atomic E-state index is -0.142. The summed E-state index contributed by atoms with van der Waals surface area (Å²) in [4.78, 5) is 25.3. The number of rotatable bonds is 2. The number of ether oxygens (including phenoxy) is 2. The first-order valence-electron chi connectivity index (χ1n) is 9.60. The molecule has 1 aromatic carbocycles. The van der Waals surface area contributed by atoms with Gasteiger partial charge in [0, 0.05) is 43.6 Å². The van der Waals surface area contributed by atoms with E-state index in [-0.39, 0.29) is 6.03 Å². The lowest BCUT2D eigenvalue weighted by Crippen LogP contribution is -2.50. The van der Waals surface area contributed by atoms with Gasteiger partial charge in [0.05, 0.1) is 0 Å². The smallest absolute Gasteiger partial charge is 0.321 e. The molecule has 2 aromatic heterocycles. The number of nitrogens with one attached hydrogen (secondary N) is 1. The van der Waals surface area contributed by atoms with Crippen molar-refractivity contribution in [2.24, 2.45) is 0 Å². The van der Waals surface area contributed by atoms with Gasteiger partial charge in [-0.05, 0) is 31.2 Å². The van der Waals surface area contributed by atoms with Crippen LogP contribution in [0.15, 0.2) is 34.7 Å². The molecule has 4 heterocycles. The van der Waals surface area contributed by atoms with Gasteiger partial charge in [-0.3, -0.25) is 0 Å². The summed E-state index contributed by atoms with van der Waals surface area (Å²) in [6.07, 6.45) is 0. The zero-order valence-corrected chi connectivity index (χ0v) is 16.1. The minimum Gasteiger partial charge on any atom is -0.486 e. The normalized spacial score (nSPS) is 16.2. The summed E-state index contributed by atoms with van der Waals surface area (Å²) < 4.78 is 16.9. The molecule has 1 N–H and O–H groups in total. The third kappa shape index (κ3) is 3.51. The maximum Gasteiger partial charge on any atom is 0.321 e. The van der Waals surface area contributed by atoms with Crippen molar-refractivity contribution in [3.8, 4) is 11.5 Å². The number of oxazole rings is 1. The molecule has 2 aliphatic heterocycles. The van der Waals surface area contributed by atoms with E-state index in [0.29, 0.717) is 73.8 Å². The van der Waals surface area contributed by atoms with Crippen LogP contribution in [-0.4, -0.2) is 60.3 Å². The molecule has 5 rings (SSSR count). The van der Waals surface area contributed by atoms with Gasteiger partial charge in [0.2, 0.25) is 5.65 Å². The second-order valence-electron chi connectivity index (χ2n) is 7.03. The Morgan fingerprint density at radius 3 is 2.62 bits per heavy atom. The lowest BCUT2D eigenvalue weighted by molar-refractivity contribution is 0.171. The summed E-state index contributed by atoms with van der Waals surface area (Å²) in [7, 11) is 0. The Morgan fingerprint density at radius 1 is 1.00 bits per heavy atom. The van der Waals surface area contributed by atoms with Crippen molar-refractivity contribution in [3.63, 3.8) is 0 Å². The van der Waals surface area contributed by atoms with Crippen LogP contribution in [0.25, 0.3) is 11.2 Å². The van der Waals surface area contributed by atoms with E-state index in [0.717, 1.165) is 5.69 Å². The van der Waals surface area contributed by atoms with Crippen molar-refractivity contribution in [1.82, 2.24) is 14.9 Å². The topological polar surface area (TPSA) is 93.0 Å². The van der Waals surface area contributed by atoms with E-state index in [1.807, 2.05) is 36.1 Å². The number of piperazine rings is 1. The van der Waals surface area contributed by atoms with Gasteiger partial charge in [0.1, 0.15) is 13.2 Å². The Morgan fingerprint density at radius 2 is 1.79 bits per heavy atom. The number of anilines is 2. The van der Waals surface area contributed by atoms with E-state index in [1.165, 1.54) is 0 Å². The number of hydrogen-bond acceptors (Lipinski definition) is 7. The van der Waals surface area contributed by atoms with E-state index >= 15 is 0 Å². The molecular weight excluding hydrogens is 374 g/mol. The van der Waals surface area contributed by atoms with Crippen LogP contribution in [0.5, 0.6) is 11.5 Å². The van der Waals surface area contributed by atoms with Crippen LogP contribution in [0, 0.1) is 6.92 Å². The maximum absolute atomic E-state index is 12.6. The first kappa shape index (κ1) is 17.6. The molecule has 0 aliphatic carbocycles. The second-order valence-corrected chi connectivity index (χ2v) is 7.03. The first-order chi connectivity index (χ1) is 14.2. The predicted molar refractivity (Wildman–Crippen MR) is 107 cm³/mol. The molecule has 0 bridgehead atoms. The summed E-state index contributed by atoms with van der Waals surface area (Å²) in [6, 6.07) is 9.60.